The van der Waals surface area contributed by atoms with Gasteiger partial charge in [-0.1, -0.05) is 26.2 Å². The van der Waals surface area contributed by atoms with E-state index in [9.17, 15) is 0 Å². The van der Waals surface area contributed by atoms with Crippen LogP contribution in [0.15, 0.2) is 0 Å². The zero-order chi connectivity index (χ0) is 5.91. The summed E-state index contributed by atoms with van der Waals surface area (Å²) in [6.07, 6.45) is 0. The largest absolute Gasteiger partial charge is 0.322 e. The van der Waals surface area contributed by atoms with Crippen molar-refractivity contribution < 1.29 is 32.7 Å². The fourth-order valence-electron chi connectivity index (χ4n) is 0.265. The van der Waals surface area contributed by atoms with Crippen molar-refractivity contribution >= 4 is 0 Å². The van der Waals surface area contributed by atoms with Gasteiger partial charge in [-0.05, 0) is 0 Å². The van der Waals surface area contributed by atoms with Crippen LogP contribution >= 0.6 is 0 Å². The molecule has 0 aliphatic rings. The standard InChI is InChI=1S/C7H11.Y/c1-5-6-7(2,3)4;/h1H2,2-4H3;/q-1;. The molecule has 0 amide bonds. The molecule has 0 aromatic rings. The van der Waals surface area contributed by atoms with E-state index in [2.05, 4.69) is 39.5 Å². The van der Waals surface area contributed by atoms with Crippen molar-refractivity contribution in [2.45, 2.75) is 20.8 Å². The maximum Gasteiger partial charge on any atom is 0 e. The number of hydrogen-bond acceptors (Lipinski definition) is 0. The SMILES string of the molecule is [CH2-]C#CC(C)(C)C.[Y]. The van der Waals surface area contributed by atoms with Gasteiger partial charge in [0.2, 0.25) is 0 Å². The Morgan fingerprint density at radius 1 is 1.25 bits per heavy atom. The fraction of sp³-hybridized carbons (Fsp3) is 0.571. The first-order chi connectivity index (χ1) is 3.06. The van der Waals surface area contributed by atoms with Crippen LogP contribution in [0.3, 0.4) is 0 Å². The first kappa shape index (κ1) is 11.3. The Bertz CT molecular complexity index is 97.8. The van der Waals surface area contributed by atoms with Gasteiger partial charge in [-0.25, -0.2) is 0 Å². The van der Waals surface area contributed by atoms with E-state index in [4.69, 9.17) is 0 Å². The maximum atomic E-state index is 3.41. The minimum absolute atomic E-state index is 0. The summed E-state index contributed by atoms with van der Waals surface area (Å²) < 4.78 is 0. The van der Waals surface area contributed by atoms with Gasteiger partial charge in [0, 0.05) is 32.7 Å². The second-order valence-electron chi connectivity index (χ2n) is 2.55. The van der Waals surface area contributed by atoms with E-state index in [0.717, 1.165) is 0 Å². The molecule has 1 radical (unpaired) electrons. The molecule has 0 rings (SSSR count). The molecule has 0 aromatic heterocycles. The third kappa shape index (κ3) is 9.73. The van der Waals surface area contributed by atoms with E-state index in [-0.39, 0.29) is 38.1 Å². The quantitative estimate of drug-likeness (QED) is 0.398. The zero-order valence-corrected chi connectivity index (χ0v) is 8.62. The first-order valence-corrected chi connectivity index (χ1v) is 2.35. The van der Waals surface area contributed by atoms with Crippen molar-refractivity contribution in [3.8, 4) is 11.8 Å². The summed E-state index contributed by atoms with van der Waals surface area (Å²) in [7, 11) is 0. The molecule has 0 atom stereocenters. The van der Waals surface area contributed by atoms with Crippen molar-refractivity contribution in [3.05, 3.63) is 6.92 Å². The van der Waals surface area contributed by atoms with E-state index in [1.165, 1.54) is 0 Å². The average molecular weight is 184 g/mol. The molecule has 0 nitrogen and oxygen atoms in total. The van der Waals surface area contributed by atoms with Gasteiger partial charge >= 0.3 is 0 Å². The van der Waals surface area contributed by atoms with Crippen LogP contribution in [0.1, 0.15) is 20.8 Å². The Balaban J connectivity index is 0. The van der Waals surface area contributed by atoms with Gasteiger partial charge in [-0.3, -0.25) is 5.92 Å². The van der Waals surface area contributed by atoms with Gasteiger partial charge in [0.05, 0.1) is 0 Å². The number of hydrogen-bond donors (Lipinski definition) is 0. The van der Waals surface area contributed by atoms with E-state index in [1.807, 2.05) is 0 Å². The molecular formula is C7H11Y-. The first-order valence-electron chi connectivity index (χ1n) is 2.35. The predicted octanol–water partition coefficient (Wildman–Crippen LogP) is 1.87. The van der Waals surface area contributed by atoms with Gasteiger partial charge in [-0.15, -0.1) is 0 Å². The van der Waals surface area contributed by atoms with Gasteiger partial charge in [0.25, 0.3) is 0 Å². The molecule has 1 heteroatoms. The van der Waals surface area contributed by atoms with Crippen LogP contribution in [0.25, 0.3) is 0 Å². The topological polar surface area (TPSA) is 0 Å². The number of rotatable bonds is 0. The van der Waals surface area contributed by atoms with Crippen LogP contribution in [0.2, 0.25) is 0 Å². The Morgan fingerprint density at radius 2 is 1.62 bits per heavy atom. The molecule has 8 heavy (non-hydrogen) atoms. The monoisotopic (exact) mass is 184 g/mol. The molecule has 0 spiro atoms. The smallest absolute Gasteiger partial charge is 0 e. The fourth-order valence-corrected chi connectivity index (χ4v) is 0.265. The molecule has 0 aromatic carbocycles. The van der Waals surface area contributed by atoms with Crippen LogP contribution in [-0.4, -0.2) is 0 Å². The molecule has 0 bridgehead atoms. The molecule has 0 unspecified atom stereocenters. The zero-order valence-electron chi connectivity index (χ0n) is 5.78. The summed E-state index contributed by atoms with van der Waals surface area (Å²) >= 11 is 0. The van der Waals surface area contributed by atoms with Crippen LogP contribution in [0.4, 0.5) is 0 Å². The van der Waals surface area contributed by atoms with Crippen molar-refractivity contribution in [1.82, 2.24) is 0 Å². The maximum absolute atomic E-state index is 3.41. The molecule has 0 saturated heterocycles. The van der Waals surface area contributed by atoms with E-state index in [1.54, 1.807) is 0 Å². The van der Waals surface area contributed by atoms with E-state index < -0.39 is 0 Å². The second kappa shape index (κ2) is 4.42. The summed E-state index contributed by atoms with van der Waals surface area (Å²) in [4.78, 5) is 0. The Morgan fingerprint density at radius 3 is 1.62 bits per heavy atom. The van der Waals surface area contributed by atoms with Gasteiger partial charge in [0.15, 0.2) is 0 Å². The Labute approximate surface area is 77.3 Å². The molecule has 0 saturated carbocycles. The van der Waals surface area contributed by atoms with Crippen LogP contribution in [-0.2, 0) is 32.7 Å². The average Bonchev–Trinajstić information content (AvgIpc) is 1.30. The van der Waals surface area contributed by atoms with Gasteiger partial charge < -0.3 is 5.92 Å². The summed E-state index contributed by atoms with van der Waals surface area (Å²) in [5.74, 6) is 5.53. The molecule has 43 valence electrons. The normalized spacial score (nSPS) is 8.38. The summed E-state index contributed by atoms with van der Waals surface area (Å²) in [6, 6.07) is 0. The predicted molar refractivity (Wildman–Crippen MR) is 32.6 cm³/mol. The summed E-state index contributed by atoms with van der Waals surface area (Å²) in [5, 5.41) is 0. The molecule has 0 aliphatic carbocycles. The molecular weight excluding hydrogens is 173 g/mol. The summed E-state index contributed by atoms with van der Waals surface area (Å²) in [5.41, 5.74) is 0.127. The minimum Gasteiger partial charge on any atom is -0.322 e. The third-order valence-corrected chi connectivity index (χ3v) is 0.463. The van der Waals surface area contributed by atoms with E-state index in [0.29, 0.717) is 0 Å². The van der Waals surface area contributed by atoms with Crippen LogP contribution < -0.4 is 0 Å². The van der Waals surface area contributed by atoms with Gasteiger partial charge in [-0.2, -0.15) is 6.92 Å². The van der Waals surface area contributed by atoms with Crippen LogP contribution in [0.5, 0.6) is 0 Å². The molecule has 0 fully saturated rings. The van der Waals surface area contributed by atoms with Crippen molar-refractivity contribution in [1.29, 1.82) is 0 Å². The summed E-state index contributed by atoms with van der Waals surface area (Å²) in [6.45, 7) is 9.59. The van der Waals surface area contributed by atoms with Gasteiger partial charge in [0.1, 0.15) is 0 Å². The molecule has 0 heterocycles. The minimum atomic E-state index is 0. The molecule has 0 aliphatic heterocycles. The van der Waals surface area contributed by atoms with Crippen LogP contribution in [0, 0.1) is 24.2 Å². The third-order valence-electron chi connectivity index (χ3n) is 0.463. The second-order valence-corrected chi connectivity index (χ2v) is 2.55. The van der Waals surface area contributed by atoms with Crippen molar-refractivity contribution in [3.63, 3.8) is 0 Å². The van der Waals surface area contributed by atoms with E-state index >= 15 is 0 Å². The van der Waals surface area contributed by atoms with Crippen molar-refractivity contribution in [2.75, 3.05) is 0 Å². The van der Waals surface area contributed by atoms with Crippen molar-refractivity contribution in [2.24, 2.45) is 5.41 Å². The Hall–Kier alpha value is 0.534. The Kier molecular flexibility index (Phi) is 6.26. The molecule has 0 N–H and O–H groups in total.